The van der Waals surface area contributed by atoms with E-state index in [-0.39, 0.29) is 5.56 Å². The van der Waals surface area contributed by atoms with Crippen molar-refractivity contribution in [3.63, 3.8) is 0 Å². The van der Waals surface area contributed by atoms with Crippen molar-refractivity contribution in [1.29, 1.82) is 5.26 Å². The summed E-state index contributed by atoms with van der Waals surface area (Å²) in [5.74, 6) is 0. The van der Waals surface area contributed by atoms with Gasteiger partial charge in [0.05, 0.1) is 22.2 Å². The molecule has 0 aliphatic carbocycles. The topological polar surface area (TPSA) is 58.7 Å². The second-order valence-electron chi connectivity index (χ2n) is 4.57. The molecule has 20 heavy (non-hydrogen) atoms. The van der Waals surface area contributed by atoms with Gasteiger partial charge in [0.25, 0.3) is 5.56 Å². The van der Waals surface area contributed by atoms with Crippen LogP contribution in [0.5, 0.6) is 0 Å². The Labute approximate surface area is 115 Å². The molecule has 1 heterocycles. The molecule has 4 heteroatoms. The van der Waals surface area contributed by atoms with E-state index in [0.29, 0.717) is 22.2 Å². The number of benzene rings is 2. The van der Waals surface area contributed by atoms with Gasteiger partial charge in [-0.25, -0.2) is 4.98 Å². The van der Waals surface area contributed by atoms with Gasteiger partial charge < -0.3 is 0 Å². The molecule has 0 saturated carbocycles. The maximum Gasteiger partial charge on any atom is 0.265 e. The van der Waals surface area contributed by atoms with Gasteiger partial charge >= 0.3 is 0 Å². The van der Waals surface area contributed by atoms with Crippen LogP contribution in [0.25, 0.3) is 16.6 Å². The van der Waals surface area contributed by atoms with Gasteiger partial charge in [-0.3, -0.25) is 9.36 Å². The molecule has 0 unspecified atom stereocenters. The minimum absolute atomic E-state index is 0.169. The second kappa shape index (κ2) is 4.63. The molecule has 2 aromatic carbocycles. The van der Waals surface area contributed by atoms with Crippen LogP contribution in [0.3, 0.4) is 0 Å². The van der Waals surface area contributed by atoms with Crippen LogP contribution in [0, 0.1) is 18.3 Å². The highest BCUT2D eigenvalue weighted by molar-refractivity contribution is 5.78. The third-order valence-corrected chi connectivity index (χ3v) is 3.20. The average molecular weight is 261 g/mol. The number of fused-ring (bicyclic) bond motifs is 1. The molecule has 0 aliphatic rings. The molecule has 0 saturated heterocycles. The van der Waals surface area contributed by atoms with Crippen molar-refractivity contribution < 1.29 is 0 Å². The summed E-state index contributed by atoms with van der Waals surface area (Å²) in [5, 5.41) is 9.68. The number of nitriles is 1. The zero-order valence-corrected chi connectivity index (χ0v) is 10.9. The zero-order valence-electron chi connectivity index (χ0n) is 10.9. The summed E-state index contributed by atoms with van der Waals surface area (Å²) in [6.45, 7) is 1.96. The van der Waals surface area contributed by atoms with E-state index in [0.717, 1.165) is 5.56 Å². The Morgan fingerprint density at radius 3 is 2.80 bits per heavy atom. The lowest BCUT2D eigenvalue weighted by Gasteiger charge is -2.08. The van der Waals surface area contributed by atoms with E-state index in [1.54, 1.807) is 30.3 Å². The standard InChI is InChI=1S/C16H11N3O/c1-11-6-7-13-14(8-11)18-10-19(16(13)20)15-5-3-2-4-12(15)9-17/h2-8,10H,1H3. The van der Waals surface area contributed by atoms with Crippen molar-refractivity contribution in [2.45, 2.75) is 6.92 Å². The third kappa shape index (κ3) is 1.86. The van der Waals surface area contributed by atoms with Crippen LogP contribution in [0.1, 0.15) is 11.1 Å². The lowest BCUT2D eigenvalue weighted by Crippen LogP contribution is -2.19. The Morgan fingerprint density at radius 1 is 1.20 bits per heavy atom. The molecular formula is C16H11N3O. The smallest absolute Gasteiger partial charge is 0.265 e. The van der Waals surface area contributed by atoms with E-state index in [1.165, 1.54) is 10.9 Å². The lowest BCUT2D eigenvalue weighted by molar-refractivity contribution is 0.958. The molecule has 0 aliphatic heterocycles. The first-order valence-corrected chi connectivity index (χ1v) is 6.18. The van der Waals surface area contributed by atoms with E-state index in [1.807, 2.05) is 19.1 Å². The molecule has 4 nitrogen and oxygen atoms in total. The molecule has 0 N–H and O–H groups in total. The summed E-state index contributed by atoms with van der Waals surface area (Å²) in [6, 6.07) is 14.6. The molecule has 1 aromatic heterocycles. The van der Waals surface area contributed by atoms with Gasteiger partial charge in [-0.2, -0.15) is 5.26 Å². The minimum atomic E-state index is -0.169. The SMILES string of the molecule is Cc1ccc2c(=O)n(-c3ccccc3C#N)cnc2c1. The number of aromatic nitrogens is 2. The van der Waals surface area contributed by atoms with Crippen LogP contribution in [-0.2, 0) is 0 Å². The quantitative estimate of drug-likeness (QED) is 0.676. The fourth-order valence-corrected chi connectivity index (χ4v) is 2.18. The van der Waals surface area contributed by atoms with Gasteiger partial charge in [0.1, 0.15) is 12.4 Å². The molecule has 0 atom stereocenters. The fourth-order valence-electron chi connectivity index (χ4n) is 2.18. The van der Waals surface area contributed by atoms with E-state index >= 15 is 0 Å². The molecule has 3 rings (SSSR count). The van der Waals surface area contributed by atoms with Gasteiger partial charge in [0.2, 0.25) is 0 Å². The predicted molar refractivity (Wildman–Crippen MR) is 76.8 cm³/mol. The van der Waals surface area contributed by atoms with Crippen molar-refractivity contribution in [2.24, 2.45) is 0 Å². The minimum Gasteiger partial charge on any atom is -0.268 e. The van der Waals surface area contributed by atoms with Crippen molar-refractivity contribution in [3.8, 4) is 11.8 Å². The zero-order chi connectivity index (χ0) is 14.1. The van der Waals surface area contributed by atoms with E-state index in [2.05, 4.69) is 11.1 Å². The molecule has 3 aromatic rings. The first-order chi connectivity index (χ1) is 9.70. The molecule has 0 radical (unpaired) electrons. The van der Waals surface area contributed by atoms with Gasteiger partial charge in [0.15, 0.2) is 0 Å². The van der Waals surface area contributed by atoms with Crippen LogP contribution < -0.4 is 5.56 Å². The van der Waals surface area contributed by atoms with Crippen LogP contribution >= 0.6 is 0 Å². The summed E-state index contributed by atoms with van der Waals surface area (Å²) in [5.41, 5.74) is 2.55. The normalized spacial score (nSPS) is 10.4. The number of hydrogen-bond acceptors (Lipinski definition) is 3. The first-order valence-electron chi connectivity index (χ1n) is 6.18. The number of nitrogens with zero attached hydrogens (tertiary/aromatic N) is 3. The molecule has 0 fully saturated rings. The van der Waals surface area contributed by atoms with Gasteiger partial charge in [-0.05, 0) is 36.8 Å². The molecule has 0 bridgehead atoms. The Kier molecular flexibility index (Phi) is 2.81. The van der Waals surface area contributed by atoms with Gasteiger partial charge in [-0.1, -0.05) is 18.2 Å². The Morgan fingerprint density at radius 2 is 2.00 bits per heavy atom. The predicted octanol–water partition coefficient (Wildman–Crippen LogP) is 2.57. The highest BCUT2D eigenvalue weighted by atomic mass is 16.1. The van der Waals surface area contributed by atoms with Crippen LogP contribution in [0.4, 0.5) is 0 Å². The molecular weight excluding hydrogens is 250 g/mol. The monoisotopic (exact) mass is 261 g/mol. The number of hydrogen-bond donors (Lipinski definition) is 0. The van der Waals surface area contributed by atoms with Crippen molar-refractivity contribution in [1.82, 2.24) is 9.55 Å². The van der Waals surface area contributed by atoms with Gasteiger partial charge in [-0.15, -0.1) is 0 Å². The Bertz CT molecular complexity index is 903. The van der Waals surface area contributed by atoms with Gasteiger partial charge in [0, 0.05) is 0 Å². The maximum atomic E-state index is 12.5. The molecule has 0 amide bonds. The third-order valence-electron chi connectivity index (χ3n) is 3.20. The van der Waals surface area contributed by atoms with E-state index in [9.17, 15) is 4.79 Å². The van der Waals surface area contributed by atoms with Crippen molar-refractivity contribution in [3.05, 3.63) is 70.3 Å². The Hall–Kier alpha value is -2.93. The lowest BCUT2D eigenvalue weighted by atomic mass is 10.1. The highest BCUT2D eigenvalue weighted by Crippen LogP contribution is 2.14. The van der Waals surface area contributed by atoms with E-state index < -0.39 is 0 Å². The summed E-state index contributed by atoms with van der Waals surface area (Å²) < 4.78 is 1.41. The summed E-state index contributed by atoms with van der Waals surface area (Å²) in [7, 11) is 0. The van der Waals surface area contributed by atoms with Crippen LogP contribution in [0.2, 0.25) is 0 Å². The largest absolute Gasteiger partial charge is 0.268 e. The average Bonchev–Trinajstić information content (AvgIpc) is 2.47. The summed E-state index contributed by atoms with van der Waals surface area (Å²) in [6.07, 6.45) is 1.47. The number of para-hydroxylation sites is 1. The summed E-state index contributed by atoms with van der Waals surface area (Å²) >= 11 is 0. The van der Waals surface area contributed by atoms with Crippen molar-refractivity contribution in [2.75, 3.05) is 0 Å². The maximum absolute atomic E-state index is 12.5. The van der Waals surface area contributed by atoms with Crippen LogP contribution in [-0.4, -0.2) is 9.55 Å². The number of aryl methyl sites for hydroxylation is 1. The highest BCUT2D eigenvalue weighted by Gasteiger charge is 2.08. The fraction of sp³-hybridized carbons (Fsp3) is 0.0625. The second-order valence-corrected chi connectivity index (χ2v) is 4.57. The molecule has 96 valence electrons. The molecule has 0 spiro atoms. The Balaban J connectivity index is 2.34. The first kappa shape index (κ1) is 12.1. The van der Waals surface area contributed by atoms with Crippen molar-refractivity contribution >= 4 is 10.9 Å². The van der Waals surface area contributed by atoms with E-state index in [4.69, 9.17) is 5.26 Å². The van der Waals surface area contributed by atoms with Crippen LogP contribution in [0.15, 0.2) is 53.6 Å². The summed E-state index contributed by atoms with van der Waals surface area (Å²) in [4.78, 5) is 16.8. The number of rotatable bonds is 1.